The Morgan fingerprint density at radius 2 is 2.00 bits per heavy atom. The zero-order chi connectivity index (χ0) is 10.7. The summed E-state index contributed by atoms with van der Waals surface area (Å²) in [7, 11) is 0. The minimum atomic E-state index is -0.380. The van der Waals surface area contributed by atoms with E-state index in [1.54, 1.807) is 6.08 Å². The molecular weight excluding hydrogens is 178 g/mol. The smallest absolute Gasteiger partial charge is 0.243 e. The van der Waals surface area contributed by atoms with E-state index in [1.165, 1.54) is 12.5 Å². The molecule has 3 nitrogen and oxygen atoms in total. The van der Waals surface area contributed by atoms with Gasteiger partial charge in [-0.05, 0) is 30.5 Å². The van der Waals surface area contributed by atoms with Crippen LogP contribution in [0.3, 0.4) is 0 Å². The third kappa shape index (κ3) is 2.42. The third-order valence-electron chi connectivity index (χ3n) is 2.19. The van der Waals surface area contributed by atoms with Gasteiger partial charge in [0.05, 0.1) is 4.92 Å². The highest BCUT2D eigenvalue weighted by Gasteiger charge is 2.02. The Kier molecular flexibility index (Phi) is 3.02. The maximum Gasteiger partial charge on any atom is 0.243 e. The summed E-state index contributed by atoms with van der Waals surface area (Å²) in [5, 5.41) is 10.4. The summed E-state index contributed by atoms with van der Waals surface area (Å²) < 4.78 is 0. The van der Waals surface area contributed by atoms with Crippen LogP contribution in [-0.4, -0.2) is 4.92 Å². The van der Waals surface area contributed by atoms with Gasteiger partial charge in [0.25, 0.3) is 0 Å². The molecule has 14 heavy (non-hydrogen) atoms. The Balaban J connectivity index is 3.04. The highest BCUT2D eigenvalue weighted by molar-refractivity contribution is 5.52. The van der Waals surface area contributed by atoms with Gasteiger partial charge in [0.2, 0.25) is 5.70 Å². The van der Waals surface area contributed by atoms with Crippen molar-refractivity contribution in [1.82, 2.24) is 0 Å². The Morgan fingerprint density at radius 1 is 1.36 bits per heavy atom. The van der Waals surface area contributed by atoms with Crippen LogP contribution in [0.2, 0.25) is 0 Å². The first-order chi connectivity index (χ1) is 6.50. The fourth-order valence-corrected chi connectivity index (χ4v) is 1.15. The van der Waals surface area contributed by atoms with Gasteiger partial charge >= 0.3 is 0 Å². The third-order valence-corrected chi connectivity index (χ3v) is 2.19. The molecule has 0 aliphatic heterocycles. The maximum absolute atomic E-state index is 10.4. The maximum atomic E-state index is 10.4. The van der Waals surface area contributed by atoms with Gasteiger partial charge in [-0.1, -0.05) is 18.2 Å². The summed E-state index contributed by atoms with van der Waals surface area (Å²) in [4.78, 5) is 10.0. The van der Waals surface area contributed by atoms with Crippen molar-refractivity contribution in [3.8, 4) is 0 Å². The second-order valence-electron chi connectivity index (χ2n) is 3.39. The summed E-state index contributed by atoms with van der Waals surface area (Å²) >= 11 is 0. The van der Waals surface area contributed by atoms with Crippen molar-refractivity contribution in [1.29, 1.82) is 0 Å². The quantitative estimate of drug-likeness (QED) is 0.532. The van der Waals surface area contributed by atoms with Crippen LogP contribution in [0.15, 0.2) is 23.9 Å². The number of aryl methyl sites for hydroxylation is 2. The van der Waals surface area contributed by atoms with E-state index >= 15 is 0 Å². The number of nitrogens with zero attached hydrogens (tertiary/aromatic N) is 1. The van der Waals surface area contributed by atoms with E-state index in [4.69, 9.17) is 0 Å². The molecule has 0 heterocycles. The predicted octanol–water partition coefficient (Wildman–Crippen LogP) is 2.94. The molecule has 0 fully saturated rings. The molecule has 0 bridgehead atoms. The topological polar surface area (TPSA) is 43.1 Å². The molecule has 0 saturated carbocycles. The highest BCUT2D eigenvalue weighted by Crippen LogP contribution is 2.12. The molecule has 1 rings (SSSR count). The lowest BCUT2D eigenvalue weighted by atomic mass is 10.1. The normalized spacial score (nSPS) is 11.5. The van der Waals surface area contributed by atoms with Gasteiger partial charge in [-0.3, -0.25) is 10.1 Å². The largest absolute Gasteiger partial charge is 0.259 e. The van der Waals surface area contributed by atoms with Crippen LogP contribution >= 0.6 is 0 Å². The van der Waals surface area contributed by atoms with Crippen LogP contribution in [0.25, 0.3) is 6.08 Å². The second kappa shape index (κ2) is 4.05. The highest BCUT2D eigenvalue weighted by atomic mass is 16.6. The fraction of sp³-hybridized carbons (Fsp3) is 0.273. The van der Waals surface area contributed by atoms with Gasteiger partial charge in [0, 0.05) is 13.0 Å². The first kappa shape index (κ1) is 10.4. The molecule has 0 amide bonds. The van der Waals surface area contributed by atoms with Gasteiger partial charge in [0.1, 0.15) is 0 Å². The SMILES string of the molecule is C/C(=C/c1ccc(C)c(C)c1)[N+](=O)[O-]. The Labute approximate surface area is 83.2 Å². The van der Waals surface area contributed by atoms with Crippen molar-refractivity contribution in [2.24, 2.45) is 0 Å². The molecule has 0 aromatic heterocycles. The molecule has 0 atom stereocenters. The Bertz CT molecular complexity index is 394. The molecule has 1 aromatic rings. The van der Waals surface area contributed by atoms with Crippen LogP contribution in [0.4, 0.5) is 0 Å². The van der Waals surface area contributed by atoms with E-state index in [0.717, 1.165) is 11.1 Å². The van der Waals surface area contributed by atoms with Crippen LogP contribution in [0.5, 0.6) is 0 Å². The molecule has 0 aliphatic rings. The van der Waals surface area contributed by atoms with Crippen LogP contribution in [0, 0.1) is 24.0 Å². The standard InChI is InChI=1S/C11H13NO2/c1-8-4-5-11(6-9(8)2)7-10(3)12(13)14/h4-7H,1-3H3/b10-7-. The minimum absolute atomic E-state index is 0.160. The van der Waals surface area contributed by atoms with Gasteiger partial charge < -0.3 is 0 Å². The summed E-state index contributed by atoms with van der Waals surface area (Å²) in [6.45, 7) is 5.51. The van der Waals surface area contributed by atoms with Crippen molar-refractivity contribution in [2.45, 2.75) is 20.8 Å². The lowest BCUT2D eigenvalue weighted by Crippen LogP contribution is -1.93. The molecular formula is C11H13NO2. The Hall–Kier alpha value is -1.64. The molecule has 0 N–H and O–H groups in total. The van der Waals surface area contributed by atoms with Crippen molar-refractivity contribution in [3.63, 3.8) is 0 Å². The van der Waals surface area contributed by atoms with Crippen molar-refractivity contribution in [3.05, 3.63) is 50.7 Å². The van der Waals surface area contributed by atoms with E-state index < -0.39 is 0 Å². The average Bonchev–Trinajstić information content (AvgIpc) is 2.11. The van der Waals surface area contributed by atoms with Gasteiger partial charge in [-0.25, -0.2) is 0 Å². The number of hydrogen-bond donors (Lipinski definition) is 0. The van der Waals surface area contributed by atoms with E-state index in [2.05, 4.69) is 0 Å². The summed E-state index contributed by atoms with van der Waals surface area (Å²) in [6, 6.07) is 5.80. The lowest BCUT2D eigenvalue weighted by Gasteiger charge is -2.00. The van der Waals surface area contributed by atoms with Crippen molar-refractivity contribution in [2.75, 3.05) is 0 Å². The van der Waals surface area contributed by atoms with Crippen molar-refractivity contribution >= 4 is 6.08 Å². The second-order valence-corrected chi connectivity index (χ2v) is 3.39. The number of hydrogen-bond acceptors (Lipinski definition) is 2. The first-order valence-electron chi connectivity index (χ1n) is 4.40. The molecule has 0 saturated heterocycles. The number of rotatable bonds is 2. The van der Waals surface area contributed by atoms with Crippen LogP contribution in [0.1, 0.15) is 23.6 Å². The summed E-state index contributed by atoms with van der Waals surface area (Å²) in [5.41, 5.74) is 3.38. The molecule has 0 aliphatic carbocycles. The first-order valence-corrected chi connectivity index (χ1v) is 4.40. The van der Waals surface area contributed by atoms with Gasteiger partial charge in [0.15, 0.2) is 0 Å². The number of allylic oxidation sites excluding steroid dienone is 1. The Morgan fingerprint density at radius 3 is 2.50 bits per heavy atom. The number of benzene rings is 1. The molecule has 0 radical (unpaired) electrons. The minimum Gasteiger partial charge on any atom is -0.259 e. The van der Waals surface area contributed by atoms with E-state index in [0.29, 0.717) is 0 Å². The van der Waals surface area contributed by atoms with Crippen LogP contribution in [-0.2, 0) is 0 Å². The average molecular weight is 191 g/mol. The van der Waals surface area contributed by atoms with Crippen LogP contribution < -0.4 is 0 Å². The van der Waals surface area contributed by atoms with E-state index in [-0.39, 0.29) is 10.6 Å². The zero-order valence-electron chi connectivity index (χ0n) is 8.57. The molecule has 3 heteroatoms. The molecule has 0 spiro atoms. The fourth-order valence-electron chi connectivity index (χ4n) is 1.15. The number of nitro groups is 1. The summed E-state index contributed by atoms with van der Waals surface area (Å²) in [5.74, 6) is 0. The molecule has 1 aromatic carbocycles. The van der Waals surface area contributed by atoms with Gasteiger partial charge in [-0.2, -0.15) is 0 Å². The zero-order valence-corrected chi connectivity index (χ0v) is 8.57. The molecule has 0 unspecified atom stereocenters. The monoisotopic (exact) mass is 191 g/mol. The van der Waals surface area contributed by atoms with Gasteiger partial charge in [-0.15, -0.1) is 0 Å². The predicted molar refractivity (Wildman–Crippen MR) is 56.6 cm³/mol. The van der Waals surface area contributed by atoms with E-state index in [1.807, 2.05) is 32.0 Å². The molecule has 74 valence electrons. The van der Waals surface area contributed by atoms with Crippen molar-refractivity contribution < 1.29 is 4.92 Å². The lowest BCUT2D eigenvalue weighted by molar-refractivity contribution is -0.422. The van der Waals surface area contributed by atoms with E-state index in [9.17, 15) is 10.1 Å². The summed E-state index contributed by atoms with van der Waals surface area (Å²) in [6.07, 6.45) is 1.58.